The largest absolute Gasteiger partial charge is 0.494 e. The van der Waals surface area contributed by atoms with Crippen LogP contribution in [0.1, 0.15) is 6.92 Å². The first-order valence-corrected chi connectivity index (χ1v) is 10.5. The van der Waals surface area contributed by atoms with Gasteiger partial charge in [0.15, 0.2) is 10.8 Å². The van der Waals surface area contributed by atoms with Gasteiger partial charge in [-0.05, 0) is 54.0 Å². The summed E-state index contributed by atoms with van der Waals surface area (Å²) >= 11 is 2.79. The van der Waals surface area contributed by atoms with Crippen molar-refractivity contribution in [1.29, 1.82) is 0 Å². The lowest BCUT2D eigenvalue weighted by atomic mass is 10.3. The number of rotatable bonds is 7. The molecule has 4 aromatic rings. The minimum absolute atomic E-state index is 0.128. The van der Waals surface area contributed by atoms with E-state index in [0.717, 1.165) is 21.7 Å². The highest BCUT2D eigenvalue weighted by Gasteiger charge is 2.19. The van der Waals surface area contributed by atoms with Crippen LogP contribution in [0.4, 0.5) is 5.13 Å². The number of anilines is 1. The van der Waals surface area contributed by atoms with Gasteiger partial charge in [-0.3, -0.25) is 4.79 Å². The van der Waals surface area contributed by atoms with Crippen molar-refractivity contribution in [3.05, 3.63) is 54.9 Å². The molecule has 7 nitrogen and oxygen atoms in total. The fourth-order valence-electron chi connectivity index (χ4n) is 2.62. The van der Waals surface area contributed by atoms with E-state index in [1.807, 2.05) is 60.1 Å². The van der Waals surface area contributed by atoms with E-state index < -0.39 is 0 Å². The number of hydrogen-bond donors (Lipinski definition) is 2. The Morgan fingerprint density at radius 1 is 1.29 bits per heavy atom. The SMILES string of the molecule is CCOc1ccc2nc(NC(=O)CSc3nc[nH][n+]3-c3ccccc3)sc2c1. The molecule has 0 spiro atoms. The van der Waals surface area contributed by atoms with Gasteiger partial charge in [0.2, 0.25) is 12.2 Å². The molecule has 0 unspecified atom stereocenters. The van der Waals surface area contributed by atoms with Crippen molar-refractivity contribution in [2.24, 2.45) is 0 Å². The Bertz CT molecular complexity index is 1090. The molecule has 0 aliphatic carbocycles. The van der Waals surface area contributed by atoms with Crippen molar-refractivity contribution in [2.45, 2.75) is 12.1 Å². The van der Waals surface area contributed by atoms with Gasteiger partial charge in [-0.2, -0.15) is 5.10 Å². The van der Waals surface area contributed by atoms with E-state index in [0.29, 0.717) is 16.9 Å². The van der Waals surface area contributed by atoms with Gasteiger partial charge in [0.1, 0.15) is 5.75 Å². The number of aromatic nitrogens is 4. The normalized spacial score (nSPS) is 10.9. The average Bonchev–Trinajstić information content (AvgIpc) is 3.33. The van der Waals surface area contributed by atoms with E-state index in [9.17, 15) is 4.79 Å². The molecular weight excluding hydrogens is 394 g/mol. The fraction of sp³-hybridized carbons (Fsp3) is 0.158. The molecule has 1 amide bonds. The Labute approximate surface area is 169 Å². The van der Waals surface area contributed by atoms with Crippen LogP contribution in [0.15, 0.2) is 60.0 Å². The van der Waals surface area contributed by atoms with Crippen molar-refractivity contribution in [1.82, 2.24) is 15.1 Å². The lowest BCUT2D eigenvalue weighted by Gasteiger charge is -2.00. The molecule has 0 atom stereocenters. The molecule has 0 fully saturated rings. The van der Waals surface area contributed by atoms with Crippen molar-refractivity contribution >= 4 is 44.4 Å². The van der Waals surface area contributed by atoms with Crippen molar-refractivity contribution < 1.29 is 14.2 Å². The predicted molar refractivity (Wildman–Crippen MR) is 110 cm³/mol. The summed E-state index contributed by atoms with van der Waals surface area (Å²) in [6.45, 7) is 2.56. The quantitative estimate of drug-likeness (QED) is 0.359. The number of carbonyl (C=O) groups is 1. The van der Waals surface area contributed by atoms with Gasteiger partial charge in [0, 0.05) is 0 Å². The van der Waals surface area contributed by atoms with E-state index in [2.05, 4.69) is 20.4 Å². The molecule has 2 aromatic heterocycles. The molecule has 0 bridgehead atoms. The summed E-state index contributed by atoms with van der Waals surface area (Å²) in [5.74, 6) is 0.908. The summed E-state index contributed by atoms with van der Waals surface area (Å²) in [4.78, 5) is 21.1. The van der Waals surface area contributed by atoms with Crippen LogP contribution in [0.5, 0.6) is 5.75 Å². The number of amides is 1. The van der Waals surface area contributed by atoms with Gasteiger partial charge in [-0.25, -0.2) is 4.98 Å². The van der Waals surface area contributed by atoms with E-state index in [4.69, 9.17) is 4.74 Å². The number of thiazole rings is 1. The molecule has 0 aliphatic heterocycles. The standard InChI is InChI=1S/C19H17N5O2S2/c1-2-26-14-8-9-15-16(10-14)28-18(22-15)23-17(25)11-27-19-20-12-21-24(19)13-6-4-3-5-7-13/h3-10,12H,2,11H2,1H3,(H,22,23,25)/p+1. The molecule has 0 saturated carbocycles. The summed E-state index contributed by atoms with van der Waals surface area (Å²) in [6, 6.07) is 15.5. The third-order valence-electron chi connectivity index (χ3n) is 3.82. The minimum atomic E-state index is -0.128. The Hall–Kier alpha value is -2.91. The van der Waals surface area contributed by atoms with Gasteiger partial charge >= 0.3 is 5.16 Å². The lowest BCUT2D eigenvalue weighted by Crippen LogP contribution is -2.35. The second-order valence-corrected chi connectivity index (χ2v) is 7.73. The van der Waals surface area contributed by atoms with Crippen LogP contribution in [-0.2, 0) is 4.79 Å². The molecule has 0 radical (unpaired) electrons. The maximum atomic E-state index is 12.4. The van der Waals surface area contributed by atoms with Gasteiger partial charge in [-0.1, -0.05) is 29.5 Å². The Morgan fingerprint density at radius 2 is 2.14 bits per heavy atom. The second-order valence-electron chi connectivity index (χ2n) is 5.76. The summed E-state index contributed by atoms with van der Waals surface area (Å²) in [7, 11) is 0. The van der Waals surface area contributed by atoms with Crippen molar-refractivity contribution in [3.63, 3.8) is 0 Å². The summed E-state index contributed by atoms with van der Waals surface area (Å²) in [5.41, 5.74) is 1.80. The summed E-state index contributed by atoms with van der Waals surface area (Å²) in [6.07, 6.45) is 1.61. The third-order valence-corrected chi connectivity index (χ3v) is 5.70. The van der Waals surface area contributed by atoms with Gasteiger partial charge in [0.25, 0.3) is 0 Å². The molecule has 28 heavy (non-hydrogen) atoms. The molecule has 0 aliphatic rings. The van der Waals surface area contributed by atoms with E-state index in [1.54, 1.807) is 6.33 Å². The van der Waals surface area contributed by atoms with E-state index >= 15 is 0 Å². The van der Waals surface area contributed by atoms with E-state index in [1.165, 1.54) is 23.1 Å². The minimum Gasteiger partial charge on any atom is -0.494 e. The van der Waals surface area contributed by atoms with Crippen LogP contribution < -0.4 is 14.7 Å². The smallest absolute Gasteiger partial charge is 0.385 e. The van der Waals surface area contributed by atoms with Crippen LogP contribution in [0.2, 0.25) is 0 Å². The first-order valence-electron chi connectivity index (χ1n) is 8.70. The highest BCUT2D eigenvalue weighted by Crippen LogP contribution is 2.29. The maximum Gasteiger partial charge on any atom is 0.385 e. The highest BCUT2D eigenvalue weighted by molar-refractivity contribution is 7.99. The molecule has 2 aromatic carbocycles. The number of H-pyrrole nitrogens is 1. The molecule has 0 saturated heterocycles. The van der Waals surface area contributed by atoms with Crippen LogP contribution >= 0.6 is 23.1 Å². The number of nitrogens with one attached hydrogen (secondary N) is 2. The zero-order valence-electron chi connectivity index (χ0n) is 15.1. The van der Waals surface area contributed by atoms with E-state index in [-0.39, 0.29) is 11.7 Å². The van der Waals surface area contributed by atoms with Crippen molar-refractivity contribution in [3.8, 4) is 11.4 Å². The number of hydrogen-bond acceptors (Lipinski definition) is 6. The molecule has 4 rings (SSSR count). The molecule has 9 heteroatoms. The second kappa shape index (κ2) is 8.41. The number of ether oxygens (including phenoxy) is 1. The Kier molecular flexibility index (Phi) is 5.54. The third kappa shape index (κ3) is 4.15. The number of fused-ring (bicyclic) bond motifs is 1. The van der Waals surface area contributed by atoms with Gasteiger partial charge < -0.3 is 10.1 Å². The number of thioether (sulfide) groups is 1. The number of aromatic amines is 1. The monoisotopic (exact) mass is 412 g/mol. The molecular formula is C19H18N5O2S2+. The average molecular weight is 413 g/mol. The zero-order valence-corrected chi connectivity index (χ0v) is 16.7. The first kappa shape index (κ1) is 18.5. The van der Waals surface area contributed by atoms with Crippen LogP contribution in [0, 0.1) is 0 Å². The van der Waals surface area contributed by atoms with Crippen LogP contribution in [0.25, 0.3) is 15.9 Å². The molecule has 142 valence electrons. The summed E-state index contributed by atoms with van der Waals surface area (Å²) < 4.78 is 8.32. The Balaban J connectivity index is 1.40. The number of carbonyl (C=O) groups excluding carboxylic acids is 1. The first-order chi connectivity index (χ1) is 13.7. The number of benzene rings is 2. The summed E-state index contributed by atoms with van der Waals surface area (Å²) in [5, 5.41) is 7.21. The predicted octanol–water partition coefficient (Wildman–Crippen LogP) is 3.43. The highest BCUT2D eigenvalue weighted by atomic mass is 32.2. The van der Waals surface area contributed by atoms with Gasteiger partial charge in [-0.15, -0.1) is 4.68 Å². The number of para-hydroxylation sites is 1. The Morgan fingerprint density at radius 3 is 2.96 bits per heavy atom. The van der Waals surface area contributed by atoms with Crippen LogP contribution in [-0.4, -0.2) is 33.3 Å². The fourth-order valence-corrected chi connectivity index (χ4v) is 4.28. The molecule has 2 heterocycles. The van der Waals surface area contributed by atoms with Crippen LogP contribution in [0.3, 0.4) is 0 Å². The lowest BCUT2D eigenvalue weighted by molar-refractivity contribution is -0.694. The zero-order chi connectivity index (χ0) is 19.3. The topological polar surface area (TPSA) is 83.8 Å². The van der Waals surface area contributed by atoms with Crippen molar-refractivity contribution in [2.75, 3.05) is 17.7 Å². The maximum absolute atomic E-state index is 12.4. The molecule has 2 N–H and O–H groups in total. The van der Waals surface area contributed by atoms with Gasteiger partial charge in [0.05, 0.1) is 22.6 Å². The number of nitrogens with zero attached hydrogens (tertiary/aromatic N) is 3.